The molecule has 0 saturated carbocycles. The molecule has 0 spiro atoms. The van der Waals surface area contributed by atoms with Crippen molar-refractivity contribution in [1.29, 1.82) is 0 Å². The van der Waals surface area contributed by atoms with Crippen LogP contribution in [0.25, 0.3) is 0 Å². The molecule has 5 nitrogen and oxygen atoms in total. The molecule has 1 aliphatic rings. The van der Waals surface area contributed by atoms with Crippen molar-refractivity contribution in [3.63, 3.8) is 0 Å². The second-order valence-corrected chi connectivity index (χ2v) is 5.59. The minimum absolute atomic E-state index is 0.240. The zero-order valence-corrected chi connectivity index (χ0v) is 12.3. The van der Waals surface area contributed by atoms with E-state index < -0.39 is 0 Å². The van der Waals surface area contributed by atoms with Crippen molar-refractivity contribution in [1.82, 2.24) is 24.6 Å². The first-order valence-corrected chi connectivity index (χ1v) is 7.58. The second kappa shape index (κ2) is 5.79. The van der Waals surface area contributed by atoms with Gasteiger partial charge in [-0.25, -0.2) is 0 Å². The van der Waals surface area contributed by atoms with Crippen LogP contribution in [0, 0.1) is 0 Å². The summed E-state index contributed by atoms with van der Waals surface area (Å²) < 4.78 is 4.51. The van der Waals surface area contributed by atoms with E-state index in [0.29, 0.717) is 0 Å². The Labute approximate surface area is 120 Å². The number of aryl methyl sites for hydroxylation is 2. The number of fused-ring (bicyclic) bond motifs is 1. The Morgan fingerprint density at radius 2 is 2.30 bits per heavy atom. The van der Waals surface area contributed by atoms with Crippen LogP contribution in [0.15, 0.2) is 18.5 Å². The van der Waals surface area contributed by atoms with Crippen molar-refractivity contribution >= 4 is 0 Å². The van der Waals surface area contributed by atoms with Gasteiger partial charge >= 0.3 is 0 Å². The van der Waals surface area contributed by atoms with Gasteiger partial charge in [-0.05, 0) is 31.4 Å². The Morgan fingerprint density at radius 1 is 1.40 bits per heavy atom. The number of nitrogens with one attached hydrogen (secondary N) is 1. The third kappa shape index (κ3) is 2.63. The predicted octanol–water partition coefficient (Wildman–Crippen LogP) is 2.29. The third-order valence-electron chi connectivity index (χ3n) is 3.93. The van der Waals surface area contributed by atoms with Gasteiger partial charge in [0.05, 0.1) is 6.04 Å². The van der Waals surface area contributed by atoms with E-state index in [1.807, 2.05) is 0 Å². The maximum absolute atomic E-state index is 4.33. The molecule has 108 valence electrons. The van der Waals surface area contributed by atoms with Crippen molar-refractivity contribution in [2.45, 2.75) is 58.8 Å². The largest absolute Gasteiger partial charge is 0.354 e. The Bertz CT molecular complexity index is 569. The summed E-state index contributed by atoms with van der Waals surface area (Å²) in [7, 11) is 0. The number of aromatic nitrogens is 4. The molecule has 3 heterocycles. The number of hydrogen-bond donors (Lipinski definition) is 1. The standard InChI is InChI=1S/C15H23N5/c1-3-7-19-9-6-13(11-19)10-16-12(2)15-18-17-14-5-4-8-20(14)15/h6,9,11-12,16H,3-5,7-8,10H2,1-2H3. The molecular weight excluding hydrogens is 250 g/mol. The summed E-state index contributed by atoms with van der Waals surface area (Å²) in [6, 6.07) is 2.42. The van der Waals surface area contributed by atoms with Crippen LogP contribution in [-0.4, -0.2) is 19.3 Å². The quantitative estimate of drug-likeness (QED) is 0.878. The smallest absolute Gasteiger partial charge is 0.149 e. The Hall–Kier alpha value is -1.62. The average molecular weight is 273 g/mol. The molecule has 1 aliphatic heterocycles. The number of nitrogens with zero attached hydrogens (tertiary/aromatic N) is 4. The molecule has 2 aromatic rings. The van der Waals surface area contributed by atoms with E-state index in [1.165, 1.54) is 18.4 Å². The summed E-state index contributed by atoms with van der Waals surface area (Å²) in [5, 5.41) is 12.1. The summed E-state index contributed by atoms with van der Waals surface area (Å²) in [4.78, 5) is 0. The molecule has 1 atom stereocenters. The number of rotatable bonds is 6. The van der Waals surface area contributed by atoms with Gasteiger partial charge in [0.25, 0.3) is 0 Å². The lowest BCUT2D eigenvalue weighted by Gasteiger charge is -2.13. The van der Waals surface area contributed by atoms with Crippen LogP contribution in [0.2, 0.25) is 0 Å². The van der Waals surface area contributed by atoms with E-state index in [2.05, 4.69) is 57.0 Å². The van der Waals surface area contributed by atoms with Crippen molar-refractivity contribution in [2.75, 3.05) is 0 Å². The molecule has 2 aromatic heterocycles. The predicted molar refractivity (Wildman–Crippen MR) is 78.3 cm³/mol. The lowest BCUT2D eigenvalue weighted by molar-refractivity contribution is 0.515. The van der Waals surface area contributed by atoms with Crippen LogP contribution in [0.3, 0.4) is 0 Å². The molecule has 0 aliphatic carbocycles. The van der Waals surface area contributed by atoms with Gasteiger partial charge in [-0.3, -0.25) is 0 Å². The maximum Gasteiger partial charge on any atom is 0.149 e. The molecule has 1 N–H and O–H groups in total. The van der Waals surface area contributed by atoms with Crippen molar-refractivity contribution in [3.05, 3.63) is 35.7 Å². The van der Waals surface area contributed by atoms with Gasteiger partial charge in [0.2, 0.25) is 0 Å². The minimum atomic E-state index is 0.240. The molecule has 0 fully saturated rings. The average Bonchev–Trinajstić information content (AvgIpc) is 3.12. The molecule has 0 amide bonds. The fraction of sp³-hybridized carbons (Fsp3) is 0.600. The third-order valence-corrected chi connectivity index (χ3v) is 3.93. The summed E-state index contributed by atoms with van der Waals surface area (Å²) in [6.45, 7) is 7.40. The van der Waals surface area contributed by atoms with E-state index in [1.54, 1.807) is 0 Å². The maximum atomic E-state index is 4.33. The minimum Gasteiger partial charge on any atom is -0.354 e. The highest BCUT2D eigenvalue weighted by Gasteiger charge is 2.20. The summed E-state index contributed by atoms with van der Waals surface area (Å²) in [5.74, 6) is 2.22. The van der Waals surface area contributed by atoms with E-state index in [4.69, 9.17) is 0 Å². The molecule has 5 heteroatoms. The van der Waals surface area contributed by atoms with Gasteiger partial charge in [-0.15, -0.1) is 10.2 Å². The van der Waals surface area contributed by atoms with Crippen molar-refractivity contribution in [2.24, 2.45) is 0 Å². The van der Waals surface area contributed by atoms with Crippen LogP contribution < -0.4 is 5.32 Å². The Balaban J connectivity index is 1.59. The van der Waals surface area contributed by atoms with E-state index in [0.717, 1.165) is 37.7 Å². The lowest BCUT2D eigenvalue weighted by atomic mass is 10.2. The van der Waals surface area contributed by atoms with Gasteiger partial charge in [0, 0.05) is 38.4 Å². The highest BCUT2D eigenvalue weighted by Crippen LogP contribution is 2.19. The topological polar surface area (TPSA) is 47.7 Å². The van der Waals surface area contributed by atoms with Crippen LogP contribution in [-0.2, 0) is 26.1 Å². The fourth-order valence-corrected chi connectivity index (χ4v) is 2.85. The second-order valence-electron chi connectivity index (χ2n) is 5.59. The molecule has 1 unspecified atom stereocenters. The Morgan fingerprint density at radius 3 is 3.15 bits per heavy atom. The molecule has 0 radical (unpaired) electrons. The first kappa shape index (κ1) is 13.4. The van der Waals surface area contributed by atoms with E-state index >= 15 is 0 Å². The monoisotopic (exact) mass is 273 g/mol. The number of hydrogen-bond acceptors (Lipinski definition) is 3. The summed E-state index contributed by atoms with van der Waals surface area (Å²) in [6.07, 6.45) is 7.81. The van der Waals surface area contributed by atoms with E-state index in [9.17, 15) is 0 Å². The highest BCUT2D eigenvalue weighted by atomic mass is 15.3. The normalized spacial score (nSPS) is 15.5. The molecule has 0 bridgehead atoms. The van der Waals surface area contributed by atoms with Crippen LogP contribution >= 0.6 is 0 Å². The summed E-state index contributed by atoms with van der Waals surface area (Å²) >= 11 is 0. The molecule has 0 aromatic carbocycles. The van der Waals surface area contributed by atoms with Gasteiger partial charge in [0.1, 0.15) is 11.6 Å². The molecule has 3 rings (SSSR count). The fourth-order valence-electron chi connectivity index (χ4n) is 2.85. The van der Waals surface area contributed by atoms with Crippen molar-refractivity contribution < 1.29 is 0 Å². The lowest BCUT2D eigenvalue weighted by Crippen LogP contribution is -2.21. The SMILES string of the molecule is CCCn1ccc(CNC(C)c2nnc3n2CCC3)c1. The zero-order chi connectivity index (χ0) is 13.9. The van der Waals surface area contributed by atoms with Gasteiger partial charge in [-0.2, -0.15) is 0 Å². The zero-order valence-electron chi connectivity index (χ0n) is 12.3. The first-order valence-electron chi connectivity index (χ1n) is 7.58. The van der Waals surface area contributed by atoms with Crippen molar-refractivity contribution in [3.8, 4) is 0 Å². The first-order chi connectivity index (χ1) is 9.78. The molecular formula is C15H23N5. The van der Waals surface area contributed by atoms with Gasteiger partial charge in [0.15, 0.2) is 0 Å². The molecule has 0 saturated heterocycles. The summed E-state index contributed by atoms with van der Waals surface area (Å²) in [5.41, 5.74) is 1.33. The van der Waals surface area contributed by atoms with Crippen LogP contribution in [0.1, 0.15) is 49.9 Å². The van der Waals surface area contributed by atoms with Crippen LogP contribution in [0.4, 0.5) is 0 Å². The van der Waals surface area contributed by atoms with Gasteiger partial charge in [-0.1, -0.05) is 6.92 Å². The van der Waals surface area contributed by atoms with Gasteiger partial charge < -0.3 is 14.5 Å². The Kier molecular flexibility index (Phi) is 3.87. The van der Waals surface area contributed by atoms with Crippen LogP contribution in [0.5, 0.6) is 0 Å². The highest BCUT2D eigenvalue weighted by molar-refractivity contribution is 5.11. The van der Waals surface area contributed by atoms with E-state index in [-0.39, 0.29) is 6.04 Å². The molecule has 20 heavy (non-hydrogen) atoms.